The van der Waals surface area contributed by atoms with Gasteiger partial charge in [0.1, 0.15) is 22.3 Å². The van der Waals surface area contributed by atoms with E-state index in [9.17, 15) is 0 Å². The first-order valence-corrected chi connectivity index (χ1v) is 16.6. The molecule has 0 saturated heterocycles. The van der Waals surface area contributed by atoms with Crippen LogP contribution in [0.3, 0.4) is 0 Å². The van der Waals surface area contributed by atoms with E-state index in [1.54, 1.807) is 0 Å². The molecule has 0 saturated carbocycles. The molecule has 5 heteroatoms. The number of benzene rings is 7. The molecule has 0 aliphatic rings. The lowest BCUT2D eigenvalue weighted by Gasteiger charge is -2.09. The fourth-order valence-electron chi connectivity index (χ4n) is 6.88. The Hall–Kier alpha value is -6.85. The quantitative estimate of drug-likeness (QED) is 0.187. The molecular formula is C45H27N3O2. The van der Waals surface area contributed by atoms with E-state index < -0.39 is 0 Å². The summed E-state index contributed by atoms with van der Waals surface area (Å²) in [4.78, 5) is 15.1. The Bertz CT molecular complexity index is 2850. The van der Waals surface area contributed by atoms with Crippen molar-refractivity contribution in [1.29, 1.82) is 0 Å². The zero-order valence-electron chi connectivity index (χ0n) is 26.7. The first-order valence-electron chi connectivity index (χ1n) is 16.6. The molecule has 0 aliphatic carbocycles. The molecule has 0 aliphatic heterocycles. The van der Waals surface area contributed by atoms with E-state index in [1.807, 2.05) is 78.9 Å². The molecule has 50 heavy (non-hydrogen) atoms. The molecular weight excluding hydrogens is 615 g/mol. The molecule has 10 aromatic rings. The number of rotatable bonds is 5. The summed E-state index contributed by atoms with van der Waals surface area (Å²) >= 11 is 0. The summed E-state index contributed by atoms with van der Waals surface area (Å²) < 4.78 is 12.7. The SMILES string of the molecule is c1ccc(-c2ccc(-c3ccc4c(c3)oc3cc(-c5nc(-c6ccccc6)nc(-c6cccc7oc8ccccc8c67)n5)ccc34)cc2)cc1. The Morgan fingerprint density at radius 2 is 0.800 bits per heavy atom. The van der Waals surface area contributed by atoms with Crippen molar-refractivity contribution < 1.29 is 8.83 Å². The molecule has 0 radical (unpaired) electrons. The fourth-order valence-corrected chi connectivity index (χ4v) is 6.88. The van der Waals surface area contributed by atoms with Gasteiger partial charge in [-0.05, 0) is 58.7 Å². The van der Waals surface area contributed by atoms with Crippen LogP contribution in [0.15, 0.2) is 173 Å². The molecule has 0 spiro atoms. The van der Waals surface area contributed by atoms with Crippen LogP contribution in [0.1, 0.15) is 0 Å². The van der Waals surface area contributed by atoms with Crippen LogP contribution in [-0.4, -0.2) is 15.0 Å². The molecule has 3 heterocycles. The first kappa shape index (κ1) is 28.2. The Kier molecular flexibility index (Phi) is 6.42. The summed E-state index contributed by atoms with van der Waals surface area (Å²) in [7, 11) is 0. The van der Waals surface area contributed by atoms with Crippen LogP contribution in [0.5, 0.6) is 0 Å². The van der Waals surface area contributed by atoms with E-state index in [1.165, 1.54) is 11.1 Å². The Morgan fingerprint density at radius 1 is 0.300 bits per heavy atom. The summed E-state index contributed by atoms with van der Waals surface area (Å²) in [5.41, 5.74) is 10.5. The van der Waals surface area contributed by atoms with Gasteiger partial charge in [-0.1, -0.05) is 127 Å². The van der Waals surface area contributed by atoms with Gasteiger partial charge in [0.2, 0.25) is 0 Å². The molecule has 0 atom stereocenters. The lowest BCUT2D eigenvalue weighted by Crippen LogP contribution is -2.00. The van der Waals surface area contributed by atoms with Crippen LogP contribution < -0.4 is 0 Å². The Labute approximate surface area is 287 Å². The zero-order valence-corrected chi connectivity index (χ0v) is 26.7. The van der Waals surface area contributed by atoms with Crippen LogP contribution >= 0.6 is 0 Å². The van der Waals surface area contributed by atoms with Crippen LogP contribution in [0.25, 0.3) is 100 Å². The maximum atomic E-state index is 6.51. The maximum absolute atomic E-state index is 6.51. The summed E-state index contributed by atoms with van der Waals surface area (Å²) in [6.45, 7) is 0. The van der Waals surface area contributed by atoms with Gasteiger partial charge in [0.15, 0.2) is 17.5 Å². The number of hydrogen-bond acceptors (Lipinski definition) is 5. The van der Waals surface area contributed by atoms with Gasteiger partial charge in [0.25, 0.3) is 0 Å². The minimum absolute atomic E-state index is 0.570. The molecule has 0 N–H and O–H groups in total. The molecule has 0 amide bonds. The monoisotopic (exact) mass is 641 g/mol. The molecule has 10 rings (SSSR count). The van der Waals surface area contributed by atoms with Crippen LogP contribution in [-0.2, 0) is 0 Å². The second-order valence-corrected chi connectivity index (χ2v) is 12.4. The topological polar surface area (TPSA) is 65.0 Å². The van der Waals surface area contributed by atoms with E-state index in [-0.39, 0.29) is 0 Å². The minimum Gasteiger partial charge on any atom is -0.456 e. The van der Waals surface area contributed by atoms with Crippen molar-refractivity contribution in [2.75, 3.05) is 0 Å². The van der Waals surface area contributed by atoms with Crippen molar-refractivity contribution in [2.24, 2.45) is 0 Å². The number of aromatic nitrogens is 3. The number of furan rings is 2. The average molecular weight is 642 g/mol. The Morgan fingerprint density at radius 3 is 1.54 bits per heavy atom. The predicted molar refractivity (Wildman–Crippen MR) is 202 cm³/mol. The fraction of sp³-hybridized carbons (Fsp3) is 0. The highest BCUT2D eigenvalue weighted by atomic mass is 16.3. The second kappa shape index (κ2) is 11.4. The van der Waals surface area contributed by atoms with E-state index >= 15 is 0 Å². The second-order valence-electron chi connectivity index (χ2n) is 12.4. The standard InChI is InChI=1S/C45H27N3O2/c1-3-10-28(11-4-1)29-18-20-30(21-19-29)32-22-24-34-35-25-23-33(27-41(35)50-40(34)26-32)44-46-43(31-12-5-2-6-13-31)47-45(48-44)37-15-9-17-39-42(37)36-14-7-8-16-38(36)49-39/h1-27H. The smallest absolute Gasteiger partial charge is 0.164 e. The molecule has 234 valence electrons. The van der Waals surface area contributed by atoms with Crippen molar-refractivity contribution in [1.82, 2.24) is 15.0 Å². The minimum atomic E-state index is 0.570. The van der Waals surface area contributed by atoms with E-state index in [0.29, 0.717) is 17.5 Å². The van der Waals surface area contributed by atoms with Gasteiger partial charge in [-0.3, -0.25) is 0 Å². The third kappa shape index (κ3) is 4.75. The number of nitrogens with zero attached hydrogens (tertiary/aromatic N) is 3. The van der Waals surface area contributed by atoms with Crippen LogP contribution in [0, 0.1) is 0 Å². The molecule has 5 nitrogen and oxygen atoms in total. The number of fused-ring (bicyclic) bond motifs is 6. The van der Waals surface area contributed by atoms with E-state index in [4.69, 9.17) is 23.8 Å². The molecule has 3 aromatic heterocycles. The summed E-state index contributed by atoms with van der Waals surface area (Å²) in [6.07, 6.45) is 0. The summed E-state index contributed by atoms with van der Waals surface area (Å²) in [5, 5.41) is 4.12. The third-order valence-electron chi connectivity index (χ3n) is 9.37. The van der Waals surface area contributed by atoms with Crippen LogP contribution in [0.4, 0.5) is 0 Å². The first-order chi connectivity index (χ1) is 24.7. The largest absolute Gasteiger partial charge is 0.456 e. The maximum Gasteiger partial charge on any atom is 0.164 e. The highest BCUT2D eigenvalue weighted by molar-refractivity contribution is 6.12. The third-order valence-corrected chi connectivity index (χ3v) is 9.37. The number of hydrogen-bond donors (Lipinski definition) is 0. The normalized spacial score (nSPS) is 11.6. The van der Waals surface area contributed by atoms with Crippen molar-refractivity contribution in [3.05, 3.63) is 164 Å². The molecule has 0 unspecified atom stereocenters. The molecule has 7 aromatic carbocycles. The van der Waals surface area contributed by atoms with Crippen molar-refractivity contribution in [2.45, 2.75) is 0 Å². The van der Waals surface area contributed by atoms with Crippen molar-refractivity contribution >= 4 is 43.9 Å². The lowest BCUT2D eigenvalue weighted by atomic mass is 9.99. The van der Waals surface area contributed by atoms with Gasteiger partial charge in [-0.2, -0.15) is 0 Å². The van der Waals surface area contributed by atoms with Gasteiger partial charge < -0.3 is 8.83 Å². The van der Waals surface area contributed by atoms with Gasteiger partial charge in [0, 0.05) is 38.2 Å². The predicted octanol–water partition coefficient (Wildman–Crippen LogP) is 12.0. The van der Waals surface area contributed by atoms with Gasteiger partial charge in [-0.25, -0.2) is 15.0 Å². The lowest BCUT2D eigenvalue weighted by molar-refractivity contribution is 0.668. The molecule has 0 fully saturated rings. The van der Waals surface area contributed by atoms with Crippen molar-refractivity contribution in [3.8, 4) is 56.4 Å². The van der Waals surface area contributed by atoms with Crippen molar-refractivity contribution in [3.63, 3.8) is 0 Å². The average Bonchev–Trinajstić information content (AvgIpc) is 3.76. The highest BCUT2D eigenvalue weighted by Gasteiger charge is 2.18. The number of para-hydroxylation sites is 1. The van der Waals surface area contributed by atoms with E-state index in [2.05, 4.69) is 84.9 Å². The zero-order chi connectivity index (χ0) is 33.0. The van der Waals surface area contributed by atoms with Gasteiger partial charge in [0.05, 0.1) is 0 Å². The summed E-state index contributed by atoms with van der Waals surface area (Å²) in [5.74, 6) is 1.75. The highest BCUT2D eigenvalue weighted by Crippen LogP contribution is 2.38. The summed E-state index contributed by atoms with van der Waals surface area (Å²) in [6, 6.07) is 55.8. The van der Waals surface area contributed by atoms with Gasteiger partial charge in [-0.15, -0.1) is 0 Å². The van der Waals surface area contributed by atoms with E-state index in [0.717, 1.165) is 71.7 Å². The molecule has 0 bridgehead atoms. The Balaban J connectivity index is 1.08. The van der Waals surface area contributed by atoms with Crippen LogP contribution in [0.2, 0.25) is 0 Å². The van der Waals surface area contributed by atoms with Gasteiger partial charge >= 0.3 is 0 Å².